The van der Waals surface area contributed by atoms with Crippen LogP contribution in [0, 0.1) is 6.92 Å². The predicted octanol–water partition coefficient (Wildman–Crippen LogP) is 5.75. The topological polar surface area (TPSA) is 60.0 Å². The van der Waals surface area contributed by atoms with Crippen molar-refractivity contribution in [2.75, 3.05) is 61.0 Å². The zero-order valence-electron chi connectivity index (χ0n) is 25.5. The fourth-order valence-corrected chi connectivity index (χ4v) is 4.84. The zero-order chi connectivity index (χ0) is 28.3. The molecule has 0 fully saturated rings. The first-order chi connectivity index (χ1) is 18.8. The third kappa shape index (κ3) is 15.3. The molecule has 2 aromatic rings. The lowest BCUT2D eigenvalue weighted by Crippen LogP contribution is -2.23. The maximum absolute atomic E-state index is 9.41. The first kappa shape index (κ1) is 33.1. The molecule has 2 aromatic carbocycles. The molecule has 0 aliphatic rings. The normalized spacial score (nSPS) is 11.6. The standard InChI is InChI=1S/C33H56N4O2/c1-28-24-30(26-34-19-12-21-36(2)3)33(31(25-28)27-35-20-13-22-37(4)5)39-23-11-9-7-6-8-10-14-29-15-17-32(38)18-16-29/h15-18,24-25,34-35,38H,6-14,19-23,26-27H2,1-5H3. The highest BCUT2D eigenvalue weighted by Crippen LogP contribution is 2.27. The number of nitrogens with one attached hydrogen (secondary N) is 2. The molecule has 6 heteroatoms. The fourth-order valence-electron chi connectivity index (χ4n) is 4.84. The van der Waals surface area contributed by atoms with E-state index in [0.29, 0.717) is 5.75 Å². The lowest BCUT2D eigenvalue weighted by atomic mass is 10.0. The molecule has 6 nitrogen and oxygen atoms in total. The highest BCUT2D eigenvalue weighted by Gasteiger charge is 2.12. The van der Waals surface area contributed by atoms with Gasteiger partial charge in [-0.1, -0.05) is 55.5 Å². The number of ether oxygens (including phenoxy) is 1. The average molecular weight is 541 g/mol. The molecule has 0 unspecified atom stereocenters. The Balaban J connectivity index is 1.79. The van der Waals surface area contributed by atoms with Gasteiger partial charge in [-0.2, -0.15) is 0 Å². The van der Waals surface area contributed by atoms with Crippen LogP contribution in [0.15, 0.2) is 36.4 Å². The molecule has 0 atom stereocenters. The summed E-state index contributed by atoms with van der Waals surface area (Å²) >= 11 is 0. The maximum Gasteiger partial charge on any atom is 0.128 e. The molecule has 0 aliphatic heterocycles. The first-order valence-electron chi connectivity index (χ1n) is 15.1. The Morgan fingerprint density at radius 2 is 1.21 bits per heavy atom. The molecule has 0 heterocycles. The van der Waals surface area contributed by atoms with Gasteiger partial charge in [-0.15, -0.1) is 0 Å². The van der Waals surface area contributed by atoms with Crippen molar-refractivity contribution in [3.63, 3.8) is 0 Å². The fraction of sp³-hybridized carbons (Fsp3) is 0.636. The van der Waals surface area contributed by atoms with Crippen LogP contribution >= 0.6 is 0 Å². The van der Waals surface area contributed by atoms with Crippen LogP contribution in [0.4, 0.5) is 0 Å². The Morgan fingerprint density at radius 3 is 1.74 bits per heavy atom. The van der Waals surface area contributed by atoms with E-state index in [1.54, 1.807) is 12.1 Å². The summed E-state index contributed by atoms with van der Waals surface area (Å²) in [6, 6.07) is 12.2. The molecule has 0 bridgehead atoms. The second kappa shape index (κ2) is 19.9. The van der Waals surface area contributed by atoms with E-state index in [-0.39, 0.29) is 0 Å². The third-order valence-corrected chi connectivity index (χ3v) is 6.98. The Kier molecular flexibility index (Phi) is 16.9. The summed E-state index contributed by atoms with van der Waals surface area (Å²) in [5, 5.41) is 16.7. The number of hydrogen-bond acceptors (Lipinski definition) is 6. The first-order valence-corrected chi connectivity index (χ1v) is 15.1. The van der Waals surface area contributed by atoms with Gasteiger partial charge in [0.1, 0.15) is 11.5 Å². The maximum atomic E-state index is 9.41. The molecule has 0 saturated heterocycles. The van der Waals surface area contributed by atoms with Crippen LogP contribution in [-0.2, 0) is 19.5 Å². The summed E-state index contributed by atoms with van der Waals surface area (Å²) < 4.78 is 6.49. The minimum Gasteiger partial charge on any atom is -0.508 e. The number of phenols is 1. The van der Waals surface area contributed by atoms with E-state index in [1.165, 1.54) is 54.4 Å². The van der Waals surface area contributed by atoms with Crippen LogP contribution in [0.2, 0.25) is 0 Å². The molecule has 0 amide bonds. The van der Waals surface area contributed by atoms with Gasteiger partial charge in [0.05, 0.1) is 6.61 Å². The SMILES string of the molecule is Cc1cc(CNCCCN(C)C)c(OCCCCCCCCc2ccc(O)cc2)c(CNCCCN(C)C)c1. The number of aryl methyl sites for hydroxylation is 2. The Bertz CT molecular complexity index is 860. The van der Waals surface area contributed by atoms with E-state index in [0.717, 1.165) is 77.3 Å². The molecule has 2 rings (SSSR count). The number of unbranched alkanes of at least 4 members (excludes halogenated alkanes) is 5. The number of hydrogen-bond donors (Lipinski definition) is 3. The number of aromatic hydroxyl groups is 1. The van der Waals surface area contributed by atoms with Gasteiger partial charge in [0.2, 0.25) is 0 Å². The smallest absolute Gasteiger partial charge is 0.128 e. The minimum atomic E-state index is 0.346. The summed E-state index contributed by atoms with van der Waals surface area (Å²) in [7, 11) is 8.51. The van der Waals surface area contributed by atoms with Crippen molar-refractivity contribution < 1.29 is 9.84 Å². The molecular formula is C33H56N4O2. The Morgan fingerprint density at radius 1 is 0.692 bits per heavy atom. The van der Waals surface area contributed by atoms with Crippen molar-refractivity contribution in [1.82, 2.24) is 20.4 Å². The van der Waals surface area contributed by atoms with Gasteiger partial charge in [0.25, 0.3) is 0 Å². The van der Waals surface area contributed by atoms with Crippen molar-refractivity contribution in [2.24, 2.45) is 0 Å². The monoisotopic (exact) mass is 540 g/mol. The molecule has 0 spiro atoms. The van der Waals surface area contributed by atoms with Gasteiger partial charge in [0, 0.05) is 24.2 Å². The molecule has 0 aromatic heterocycles. The Hall–Kier alpha value is -2.12. The summed E-state index contributed by atoms with van der Waals surface area (Å²) in [5.41, 5.74) is 5.16. The molecule has 3 N–H and O–H groups in total. The van der Waals surface area contributed by atoms with Gasteiger partial charge in [-0.05, 0) is 111 Å². The largest absolute Gasteiger partial charge is 0.508 e. The predicted molar refractivity (Wildman–Crippen MR) is 166 cm³/mol. The number of benzene rings is 2. The van der Waals surface area contributed by atoms with Crippen molar-refractivity contribution in [3.05, 3.63) is 58.7 Å². The summed E-state index contributed by atoms with van der Waals surface area (Å²) in [6.45, 7) is 8.88. The quantitative estimate of drug-likeness (QED) is 0.166. The van der Waals surface area contributed by atoms with E-state index in [1.807, 2.05) is 12.1 Å². The number of nitrogens with zero attached hydrogens (tertiary/aromatic N) is 2. The van der Waals surface area contributed by atoms with E-state index in [2.05, 4.69) is 67.7 Å². The van der Waals surface area contributed by atoms with Gasteiger partial charge in [0.15, 0.2) is 0 Å². The minimum absolute atomic E-state index is 0.346. The van der Waals surface area contributed by atoms with E-state index >= 15 is 0 Å². The Labute approximate surface area is 239 Å². The molecule has 0 saturated carbocycles. The van der Waals surface area contributed by atoms with E-state index < -0.39 is 0 Å². The van der Waals surface area contributed by atoms with E-state index in [9.17, 15) is 5.11 Å². The summed E-state index contributed by atoms with van der Waals surface area (Å²) in [5.74, 6) is 1.42. The second-order valence-electron chi connectivity index (χ2n) is 11.5. The lowest BCUT2D eigenvalue weighted by molar-refractivity contribution is 0.296. The van der Waals surface area contributed by atoms with Gasteiger partial charge >= 0.3 is 0 Å². The van der Waals surface area contributed by atoms with Crippen LogP contribution in [0.25, 0.3) is 0 Å². The summed E-state index contributed by atoms with van der Waals surface area (Å²) in [6.07, 6.45) is 10.7. The molecule has 220 valence electrons. The van der Waals surface area contributed by atoms with Crippen LogP contribution in [0.3, 0.4) is 0 Å². The second-order valence-corrected chi connectivity index (χ2v) is 11.5. The van der Waals surface area contributed by atoms with Crippen LogP contribution in [-0.4, -0.2) is 75.9 Å². The highest BCUT2D eigenvalue weighted by molar-refractivity contribution is 5.44. The zero-order valence-corrected chi connectivity index (χ0v) is 25.5. The number of rotatable bonds is 22. The highest BCUT2D eigenvalue weighted by atomic mass is 16.5. The van der Waals surface area contributed by atoms with Gasteiger partial charge in [-0.3, -0.25) is 0 Å². The van der Waals surface area contributed by atoms with Crippen LogP contribution < -0.4 is 15.4 Å². The molecular weight excluding hydrogens is 484 g/mol. The lowest BCUT2D eigenvalue weighted by Gasteiger charge is -2.19. The van der Waals surface area contributed by atoms with Crippen molar-refractivity contribution in [2.45, 2.75) is 77.8 Å². The van der Waals surface area contributed by atoms with Crippen LogP contribution in [0.1, 0.15) is 73.6 Å². The average Bonchev–Trinajstić information content (AvgIpc) is 2.89. The van der Waals surface area contributed by atoms with Crippen molar-refractivity contribution in [1.29, 1.82) is 0 Å². The summed E-state index contributed by atoms with van der Waals surface area (Å²) in [4.78, 5) is 4.47. The number of phenolic OH excluding ortho intramolecular Hbond substituents is 1. The third-order valence-electron chi connectivity index (χ3n) is 6.98. The molecule has 0 aliphatic carbocycles. The molecule has 39 heavy (non-hydrogen) atoms. The van der Waals surface area contributed by atoms with Crippen molar-refractivity contribution in [3.8, 4) is 11.5 Å². The van der Waals surface area contributed by atoms with Gasteiger partial charge < -0.3 is 30.3 Å². The van der Waals surface area contributed by atoms with E-state index in [4.69, 9.17) is 4.74 Å². The van der Waals surface area contributed by atoms with Gasteiger partial charge in [-0.25, -0.2) is 0 Å². The van der Waals surface area contributed by atoms with Crippen molar-refractivity contribution >= 4 is 0 Å². The molecule has 0 radical (unpaired) electrons. The van der Waals surface area contributed by atoms with Crippen LogP contribution in [0.5, 0.6) is 11.5 Å².